The molecule has 1 fully saturated rings. The molecule has 2 aromatic carbocycles. The number of ether oxygens (including phenoxy) is 1. The second-order valence-electron chi connectivity index (χ2n) is 7.01. The minimum absolute atomic E-state index is 0.0685. The van der Waals surface area contributed by atoms with Crippen LogP contribution in [0.3, 0.4) is 0 Å². The van der Waals surface area contributed by atoms with Crippen molar-refractivity contribution in [2.75, 3.05) is 19.0 Å². The summed E-state index contributed by atoms with van der Waals surface area (Å²) in [5.41, 5.74) is 3.90. The van der Waals surface area contributed by atoms with Gasteiger partial charge >= 0.3 is 0 Å². The van der Waals surface area contributed by atoms with E-state index in [2.05, 4.69) is 5.32 Å². The van der Waals surface area contributed by atoms with E-state index in [0.29, 0.717) is 28.6 Å². The first-order chi connectivity index (χ1) is 14.4. The van der Waals surface area contributed by atoms with Crippen molar-refractivity contribution in [1.82, 2.24) is 4.90 Å². The number of hydrogen-bond donors (Lipinski definition) is 1. The van der Waals surface area contributed by atoms with Crippen LogP contribution in [0.25, 0.3) is 6.08 Å². The second-order valence-corrected chi connectivity index (χ2v) is 8.68. The Morgan fingerprint density at radius 3 is 2.77 bits per heavy atom. The van der Waals surface area contributed by atoms with Crippen LogP contribution in [0, 0.1) is 13.8 Å². The fraction of sp³-hybridized carbons (Fsp3) is 0.261. The maximum atomic E-state index is 12.7. The van der Waals surface area contributed by atoms with Crippen LogP contribution >= 0.6 is 24.0 Å². The van der Waals surface area contributed by atoms with Gasteiger partial charge in [-0.3, -0.25) is 14.5 Å². The number of methoxy groups -OCH3 is 1. The lowest BCUT2D eigenvalue weighted by Crippen LogP contribution is -2.29. The van der Waals surface area contributed by atoms with E-state index < -0.39 is 0 Å². The van der Waals surface area contributed by atoms with E-state index in [4.69, 9.17) is 17.0 Å². The minimum Gasteiger partial charge on any atom is -0.497 e. The first kappa shape index (κ1) is 22.1. The third kappa shape index (κ3) is 5.29. The fourth-order valence-electron chi connectivity index (χ4n) is 3.07. The van der Waals surface area contributed by atoms with Gasteiger partial charge in [0.1, 0.15) is 10.1 Å². The van der Waals surface area contributed by atoms with Crippen molar-refractivity contribution < 1.29 is 14.3 Å². The largest absolute Gasteiger partial charge is 0.497 e. The molecular weight excluding hydrogens is 416 g/mol. The van der Waals surface area contributed by atoms with Gasteiger partial charge in [-0.1, -0.05) is 48.2 Å². The summed E-state index contributed by atoms with van der Waals surface area (Å²) in [5.74, 6) is 0.540. The molecule has 2 amide bonds. The third-order valence-electron chi connectivity index (χ3n) is 4.93. The number of aryl methyl sites for hydroxylation is 1. The van der Waals surface area contributed by atoms with Crippen LogP contribution in [-0.4, -0.2) is 34.7 Å². The number of benzene rings is 2. The molecular formula is C23H24N2O3S2. The van der Waals surface area contributed by atoms with E-state index >= 15 is 0 Å². The molecule has 1 saturated heterocycles. The molecule has 5 nitrogen and oxygen atoms in total. The molecule has 0 aliphatic carbocycles. The molecule has 0 saturated carbocycles. The quantitative estimate of drug-likeness (QED) is 0.489. The van der Waals surface area contributed by atoms with Gasteiger partial charge in [-0.15, -0.1) is 0 Å². The summed E-state index contributed by atoms with van der Waals surface area (Å²) in [6.45, 7) is 4.42. The molecule has 1 aliphatic rings. The number of thioether (sulfide) groups is 1. The first-order valence-corrected chi connectivity index (χ1v) is 10.9. The molecule has 2 aromatic rings. The monoisotopic (exact) mass is 440 g/mol. The molecule has 0 atom stereocenters. The Labute approximate surface area is 186 Å². The van der Waals surface area contributed by atoms with E-state index in [1.54, 1.807) is 12.0 Å². The Bertz CT molecular complexity index is 1020. The van der Waals surface area contributed by atoms with Gasteiger partial charge in [0.05, 0.1) is 12.0 Å². The lowest BCUT2D eigenvalue weighted by Gasteiger charge is -2.14. The summed E-state index contributed by atoms with van der Waals surface area (Å²) in [6.07, 6.45) is 2.67. The summed E-state index contributed by atoms with van der Waals surface area (Å²) in [7, 11) is 1.61. The highest BCUT2D eigenvalue weighted by Gasteiger charge is 2.31. The molecule has 1 N–H and O–H groups in total. The topological polar surface area (TPSA) is 58.6 Å². The molecule has 0 bridgehead atoms. The van der Waals surface area contributed by atoms with Crippen molar-refractivity contribution in [1.29, 1.82) is 0 Å². The number of rotatable bonds is 7. The SMILES string of the molecule is COc1cccc(/C=C2\SC(=S)N(CCCC(=O)Nc3cccc(C)c3C)C2=O)c1. The predicted octanol–water partition coefficient (Wildman–Crippen LogP) is 4.93. The fourth-order valence-corrected chi connectivity index (χ4v) is 4.38. The zero-order valence-electron chi connectivity index (χ0n) is 17.2. The van der Waals surface area contributed by atoms with Gasteiger partial charge in [0.15, 0.2) is 0 Å². The highest BCUT2D eigenvalue weighted by molar-refractivity contribution is 8.26. The zero-order valence-corrected chi connectivity index (χ0v) is 18.9. The Morgan fingerprint density at radius 2 is 2.00 bits per heavy atom. The lowest BCUT2D eigenvalue weighted by molar-refractivity contribution is -0.122. The van der Waals surface area contributed by atoms with Crippen LogP contribution in [0.1, 0.15) is 29.5 Å². The third-order valence-corrected chi connectivity index (χ3v) is 6.31. The van der Waals surface area contributed by atoms with Crippen molar-refractivity contribution in [3.63, 3.8) is 0 Å². The van der Waals surface area contributed by atoms with E-state index in [-0.39, 0.29) is 11.8 Å². The Kier molecular flexibility index (Phi) is 7.29. The van der Waals surface area contributed by atoms with E-state index in [0.717, 1.165) is 28.1 Å². The van der Waals surface area contributed by atoms with Crippen LogP contribution in [0.2, 0.25) is 0 Å². The van der Waals surface area contributed by atoms with Gasteiger partial charge < -0.3 is 10.1 Å². The Hall–Kier alpha value is -2.64. The van der Waals surface area contributed by atoms with Gasteiger partial charge in [-0.05, 0) is 61.2 Å². The number of hydrogen-bond acceptors (Lipinski definition) is 5. The number of nitrogens with one attached hydrogen (secondary N) is 1. The first-order valence-electron chi connectivity index (χ1n) is 9.64. The van der Waals surface area contributed by atoms with Crippen molar-refractivity contribution in [3.05, 3.63) is 64.1 Å². The summed E-state index contributed by atoms with van der Waals surface area (Å²) in [6, 6.07) is 13.3. The molecule has 1 aliphatic heterocycles. The lowest BCUT2D eigenvalue weighted by atomic mass is 10.1. The highest BCUT2D eigenvalue weighted by Crippen LogP contribution is 2.33. The van der Waals surface area contributed by atoms with Crippen molar-refractivity contribution >= 4 is 51.9 Å². The molecule has 3 rings (SSSR count). The highest BCUT2D eigenvalue weighted by atomic mass is 32.2. The van der Waals surface area contributed by atoms with Crippen molar-refractivity contribution in [3.8, 4) is 5.75 Å². The summed E-state index contributed by atoms with van der Waals surface area (Å²) in [5, 5.41) is 2.95. The summed E-state index contributed by atoms with van der Waals surface area (Å²) >= 11 is 6.66. The maximum Gasteiger partial charge on any atom is 0.266 e. The van der Waals surface area contributed by atoms with Gasteiger partial charge in [0.2, 0.25) is 5.91 Å². The van der Waals surface area contributed by atoms with E-state index in [1.165, 1.54) is 11.8 Å². The average molecular weight is 441 g/mol. The molecule has 7 heteroatoms. The van der Waals surface area contributed by atoms with Gasteiger partial charge in [-0.25, -0.2) is 0 Å². The molecule has 0 unspecified atom stereocenters. The van der Waals surface area contributed by atoms with Crippen LogP contribution in [0.4, 0.5) is 5.69 Å². The number of carbonyl (C=O) groups is 2. The van der Waals surface area contributed by atoms with Crippen molar-refractivity contribution in [2.24, 2.45) is 0 Å². The zero-order chi connectivity index (χ0) is 21.7. The molecule has 30 heavy (non-hydrogen) atoms. The average Bonchev–Trinajstić information content (AvgIpc) is 2.99. The van der Waals surface area contributed by atoms with Gasteiger partial charge in [0, 0.05) is 18.7 Å². The van der Waals surface area contributed by atoms with Crippen LogP contribution in [0.5, 0.6) is 5.75 Å². The van der Waals surface area contributed by atoms with Crippen LogP contribution in [-0.2, 0) is 9.59 Å². The predicted molar refractivity (Wildman–Crippen MR) is 127 cm³/mol. The normalized spacial score (nSPS) is 15.0. The Balaban J connectivity index is 1.56. The summed E-state index contributed by atoms with van der Waals surface area (Å²) in [4.78, 5) is 27.2. The van der Waals surface area contributed by atoms with E-state index in [9.17, 15) is 9.59 Å². The molecule has 0 spiro atoms. The molecule has 1 heterocycles. The number of thiocarbonyl (C=S) groups is 1. The summed E-state index contributed by atoms with van der Waals surface area (Å²) < 4.78 is 5.74. The van der Waals surface area contributed by atoms with E-state index in [1.807, 2.05) is 62.4 Å². The second kappa shape index (κ2) is 9.91. The Morgan fingerprint density at radius 1 is 1.23 bits per heavy atom. The molecule has 0 aromatic heterocycles. The molecule has 156 valence electrons. The van der Waals surface area contributed by atoms with Gasteiger partial charge in [-0.2, -0.15) is 0 Å². The van der Waals surface area contributed by atoms with Gasteiger partial charge in [0.25, 0.3) is 5.91 Å². The van der Waals surface area contributed by atoms with Crippen molar-refractivity contribution in [2.45, 2.75) is 26.7 Å². The molecule has 0 radical (unpaired) electrons. The number of anilines is 1. The maximum absolute atomic E-state index is 12.7. The standard InChI is InChI=1S/C23H24N2O3S2/c1-15-7-4-10-19(16(15)2)24-21(26)11-6-12-25-22(27)20(30-23(25)29)14-17-8-5-9-18(13-17)28-3/h4-5,7-10,13-14H,6,11-12H2,1-3H3,(H,24,26)/b20-14-. The van der Waals surface area contributed by atoms with Crippen LogP contribution < -0.4 is 10.1 Å². The number of nitrogens with zero attached hydrogens (tertiary/aromatic N) is 1. The van der Waals surface area contributed by atoms with Crippen LogP contribution in [0.15, 0.2) is 47.4 Å². The number of carbonyl (C=O) groups excluding carboxylic acids is 2. The number of amides is 2. The minimum atomic E-state index is -0.122. The smallest absolute Gasteiger partial charge is 0.266 e.